The van der Waals surface area contributed by atoms with Crippen molar-refractivity contribution in [1.82, 2.24) is 15.3 Å². The number of fused-ring (bicyclic) bond motifs is 4. The van der Waals surface area contributed by atoms with Gasteiger partial charge < -0.3 is 14.8 Å². The van der Waals surface area contributed by atoms with Crippen LogP contribution in [0.3, 0.4) is 0 Å². The van der Waals surface area contributed by atoms with E-state index in [1.54, 1.807) is 32.2 Å². The second-order valence-electron chi connectivity index (χ2n) is 9.50. The highest BCUT2D eigenvalue weighted by Crippen LogP contribution is 2.46. The Balaban J connectivity index is 1.25. The maximum absolute atomic E-state index is 14.7. The highest BCUT2D eigenvalue weighted by molar-refractivity contribution is 5.78. The summed E-state index contributed by atoms with van der Waals surface area (Å²) < 4.78 is 40.2. The van der Waals surface area contributed by atoms with Crippen LogP contribution in [-0.4, -0.2) is 34.8 Å². The summed E-state index contributed by atoms with van der Waals surface area (Å²) in [6.07, 6.45) is 6.37. The number of hydrogen-bond donors (Lipinski definition) is 1. The second kappa shape index (κ2) is 8.61. The zero-order chi connectivity index (χ0) is 23.1. The SMILES string of the molecule is COc1ccc2ncc(F)c(CCC34CCC(NCc5ccc(C)c(F)c5)(CC3)CO4)c2n1. The van der Waals surface area contributed by atoms with E-state index in [2.05, 4.69) is 15.3 Å². The maximum atomic E-state index is 14.7. The largest absolute Gasteiger partial charge is 0.481 e. The topological polar surface area (TPSA) is 56.3 Å². The average molecular weight is 454 g/mol. The van der Waals surface area contributed by atoms with Crippen LogP contribution in [-0.2, 0) is 17.7 Å². The fraction of sp³-hybridized carbons (Fsp3) is 0.462. The average Bonchev–Trinajstić information content (AvgIpc) is 2.85. The number of aromatic nitrogens is 2. The standard InChI is InChI=1S/C26H29F2N3O2/c1-17-3-4-18(13-20(17)27)14-30-25-9-11-26(12-10-25,33-16-25)8-7-19-21(28)15-29-22-5-6-23(32-2)31-24(19)22/h3-6,13,15,30H,7-12,14,16H2,1-2H3. The van der Waals surface area contributed by atoms with Gasteiger partial charge in [0.05, 0.1) is 36.5 Å². The molecule has 3 aliphatic rings. The molecule has 1 aliphatic carbocycles. The van der Waals surface area contributed by atoms with Gasteiger partial charge in [-0.1, -0.05) is 12.1 Å². The molecule has 7 heteroatoms. The number of hydrogen-bond acceptors (Lipinski definition) is 5. The van der Waals surface area contributed by atoms with Crippen LogP contribution in [0.2, 0.25) is 0 Å². The number of nitrogens with zero attached hydrogens (tertiary/aromatic N) is 2. The number of pyridine rings is 2. The highest BCUT2D eigenvalue weighted by atomic mass is 19.1. The van der Waals surface area contributed by atoms with Crippen LogP contribution in [0, 0.1) is 18.6 Å². The first-order valence-electron chi connectivity index (χ1n) is 11.5. The first-order valence-corrected chi connectivity index (χ1v) is 11.5. The summed E-state index contributed by atoms with van der Waals surface area (Å²) in [5.74, 6) is -0.0600. The molecule has 0 unspecified atom stereocenters. The fourth-order valence-electron chi connectivity index (χ4n) is 5.13. The van der Waals surface area contributed by atoms with Crippen molar-refractivity contribution in [3.63, 3.8) is 0 Å². The van der Waals surface area contributed by atoms with Crippen molar-refractivity contribution in [1.29, 1.82) is 0 Å². The Labute approximate surface area is 192 Å². The van der Waals surface area contributed by atoms with Gasteiger partial charge in [-0.15, -0.1) is 0 Å². The molecule has 33 heavy (non-hydrogen) atoms. The van der Waals surface area contributed by atoms with Gasteiger partial charge >= 0.3 is 0 Å². The van der Waals surface area contributed by atoms with Crippen LogP contribution in [0.15, 0.2) is 36.5 Å². The minimum atomic E-state index is -0.340. The van der Waals surface area contributed by atoms with Gasteiger partial charge in [0.1, 0.15) is 11.6 Å². The molecule has 4 heterocycles. The van der Waals surface area contributed by atoms with E-state index in [9.17, 15) is 8.78 Å². The first kappa shape index (κ1) is 22.2. The number of ether oxygens (including phenoxy) is 2. The predicted molar refractivity (Wildman–Crippen MR) is 122 cm³/mol. The molecule has 6 rings (SSSR count). The van der Waals surface area contributed by atoms with E-state index in [-0.39, 0.29) is 22.8 Å². The normalized spacial score (nSPS) is 24.4. The van der Waals surface area contributed by atoms with E-state index in [1.165, 1.54) is 6.20 Å². The molecule has 2 aromatic heterocycles. The lowest BCUT2D eigenvalue weighted by Crippen LogP contribution is -2.61. The second-order valence-corrected chi connectivity index (χ2v) is 9.50. The zero-order valence-corrected chi connectivity index (χ0v) is 19.1. The predicted octanol–water partition coefficient (Wildman–Crippen LogP) is 5.03. The van der Waals surface area contributed by atoms with Crippen molar-refractivity contribution in [3.05, 3.63) is 64.9 Å². The van der Waals surface area contributed by atoms with Crippen molar-refractivity contribution >= 4 is 11.0 Å². The number of rotatable bonds is 7. The quantitative estimate of drug-likeness (QED) is 0.544. The van der Waals surface area contributed by atoms with E-state index in [0.29, 0.717) is 47.6 Å². The molecule has 2 bridgehead atoms. The summed E-state index contributed by atoms with van der Waals surface area (Å²) >= 11 is 0. The molecule has 0 atom stereocenters. The van der Waals surface area contributed by atoms with Gasteiger partial charge in [0.25, 0.3) is 0 Å². The van der Waals surface area contributed by atoms with E-state index in [1.807, 2.05) is 12.1 Å². The maximum Gasteiger partial charge on any atom is 0.213 e. The van der Waals surface area contributed by atoms with Crippen molar-refractivity contribution in [2.75, 3.05) is 13.7 Å². The van der Waals surface area contributed by atoms with E-state index < -0.39 is 0 Å². The number of nitrogens with one attached hydrogen (secondary N) is 1. The van der Waals surface area contributed by atoms with Gasteiger partial charge in [0.15, 0.2) is 0 Å². The van der Waals surface area contributed by atoms with Crippen LogP contribution < -0.4 is 10.1 Å². The Morgan fingerprint density at radius 3 is 2.61 bits per heavy atom. The molecule has 2 aliphatic heterocycles. The van der Waals surface area contributed by atoms with E-state index in [4.69, 9.17) is 9.47 Å². The van der Waals surface area contributed by atoms with Gasteiger partial charge in [-0.3, -0.25) is 4.98 Å². The molecule has 0 amide bonds. The summed E-state index contributed by atoms with van der Waals surface area (Å²) in [6, 6.07) is 8.93. The summed E-state index contributed by atoms with van der Waals surface area (Å²) in [4.78, 5) is 8.62. The number of halogens is 2. The summed E-state index contributed by atoms with van der Waals surface area (Å²) in [5.41, 5.74) is 3.07. The minimum Gasteiger partial charge on any atom is -0.481 e. The molecule has 1 N–H and O–H groups in total. The highest BCUT2D eigenvalue weighted by Gasteiger charge is 2.49. The van der Waals surface area contributed by atoms with Crippen molar-refractivity contribution in [2.45, 2.75) is 63.1 Å². The van der Waals surface area contributed by atoms with Crippen LogP contribution >= 0.6 is 0 Å². The summed E-state index contributed by atoms with van der Waals surface area (Å²) in [6.45, 7) is 3.01. The molecule has 0 spiro atoms. The lowest BCUT2D eigenvalue weighted by Gasteiger charge is -2.53. The van der Waals surface area contributed by atoms with Gasteiger partial charge in [0, 0.05) is 23.7 Å². The molecule has 174 valence electrons. The van der Waals surface area contributed by atoms with Crippen LogP contribution in [0.4, 0.5) is 8.78 Å². The summed E-state index contributed by atoms with van der Waals surface area (Å²) in [7, 11) is 1.55. The van der Waals surface area contributed by atoms with Crippen molar-refractivity contribution < 1.29 is 18.3 Å². The Hall–Kier alpha value is -2.64. The van der Waals surface area contributed by atoms with E-state index >= 15 is 0 Å². The Kier molecular flexibility index (Phi) is 5.79. The lowest BCUT2D eigenvalue weighted by atomic mass is 9.69. The Morgan fingerprint density at radius 1 is 1.09 bits per heavy atom. The van der Waals surface area contributed by atoms with Crippen LogP contribution in [0.25, 0.3) is 11.0 Å². The monoisotopic (exact) mass is 453 g/mol. The summed E-state index contributed by atoms with van der Waals surface area (Å²) in [5, 5.41) is 3.64. The van der Waals surface area contributed by atoms with Gasteiger partial charge in [0.2, 0.25) is 5.88 Å². The smallest absolute Gasteiger partial charge is 0.213 e. The number of methoxy groups -OCH3 is 1. The zero-order valence-electron chi connectivity index (χ0n) is 19.1. The fourth-order valence-corrected chi connectivity index (χ4v) is 5.13. The minimum absolute atomic E-state index is 0.0767. The molecule has 3 fully saturated rings. The van der Waals surface area contributed by atoms with Gasteiger partial charge in [-0.2, -0.15) is 0 Å². The third-order valence-corrected chi connectivity index (χ3v) is 7.46. The number of benzene rings is 1. The Bertz CT molecular complexity index is 1160. The van der Waals surface area contributed by atoms with Crippen molar-refractivity contribution in [3.8, 4) is 5.88 Å². The molecule has 2 saturated heterocycles. The molecular formula is C26H29F2N3O2. The van der Waals surface area contributed by atoms with Crippen molar-refractivity contribution in [2.24, 2.45) is 0 Å². The molecule has 0 radical (unpaired) electrons. The van der Waals surface area contributed by atoms with Crippen LogP contribution in [0.5, 0.6) is 5.88 Å². The Morgan fingerprint density at radius 2 is 1.91 bits per heavy atom. The third kappa shape index (κ3) is 4.32. The molecular weight excluding hydrogens is 424 g/mol. The third-order valence-electron chi connectivity index (χ3n) is 7.46. The molecule has 5 nitrogen and oxygen atoms in total. The van der Waals surface area contributed by atoms with E-state index in [0.717, 1.165) is 37.7 Å². The first-order chi connectivity index (χ1) is 15.9. The number of aryl methyl sites for hydroxylation is 2. The molecule has 1 aromatic carbocycles. The van der Waals surface area contributed by atoms with Gasteiger partial charge in [-0.05, 0) is 68.7 Å². The molecule has 1 saturated carbocycles. The lowest BCUT2D eigenvalue weighted by molar-refractivity contribution is -0.165. The van der Waals surface area contributed by atoms with Gasteiger partial charge in [-0.25, -0.2) is 13.8 Å². The van der Waals surface area contributed by atoms with Crippen LogP contribution in [0.1, 0.15) is 48.8 Å². The molecule has 3 aromatic rings.